The van der Waals surface area contributed by atoms with Crippen LogP contribution in [0.4, 0.5) is 0 Å². The average molecular weight is 248 g/mol. The summed E-state index contributed by atoms with van der Waals surface area (Å²) in [5.74, 6) is 2.55. The van der Waals surface area contributed by atoms with Crippen molar-refractivity contribution in [3.05, 3.63) is 0 Å². The molecule has 0 spiro atoms. The minimum Gasteiger partial charge on any atom is -0.303 e. The Morgan fingerprint density at radius 2 is 1.47 bits per heavy atom. The van der Waals surface area contributed by atoms with Crippen molar-refractivity contribution in [1.82, 2.24) is 0 Å². The first-order chi connectivity index (χ1) is 7.41. The van der Waals surface area contributed by atoms with E-state index in [1.807, 2.05) is 21.6 Å². The van der Waals surface area contributed by atoms with Gasteiger partial charge in [0.1, 0.15) is 6.29 Å². The average Bonchev–Trinajstić information content (AvgIpc) is 2.26. The molecule has 90 valence electrons. The molecule has 0 heterocycles. The molecule has 0 aliphatic rings. The van der Waals surface area contributed by atoms with Gasteiger partial charge in [-0.05, 0) is 19.3 Å². The van der Waals surface area contributed by atoms with Crippen molar-refractivity contribution in [3.63, 3.8) is 0 Å². The molecule has 0 aromatic rings. The molecule has 0 aliphatic heterocycles. The molecule has 1 nitrogen and oxygen atoms in total. The topological polar surface area (TPSA) is 17.1 Å². The van der Waals surface area contributed by atoms with Crippen LogP contribution in [0.1, 0.15) is 58.3 Å². The number of hydrogen-bond donors (Lipinski definition) is 0. The summed E-state index contributed by atoms with van der Waals surface area (Å²) < 4.78 is 0. The predicted octanol–water partition coefficient (Wildman–Crippen LogP) is 4.71. The van der Waals surface area contributed by atoms with E-state index in [-0.39, 0.29) is 0 Å². The second-order valence-electron chi connectivity index (χ2n) is 3.72. The lowest BCUT2D eigenvalue weighted by molar-refractivity contribution is -0.107. The Bertz CT molecular complexity index is 129. The van der Waals surface area contributed by atoms with E-state index in [1.54, 1.807) is 0 Å². The number of rotatable bonds is 12. The Hall–Kier alpha value is 0.370. The fraction of sp³-hybridized carbons (Fsp3) is 0.917. The lowest BCUT2D eigenvalue weighted by atomic mass is 10.2. The molecule has 0 amide bonds. The first kappa shape index (κ1) is 15.4. The van der Waals surface area contributed by atoms with Crippen LogP contribution >= 0.6 is 21.6 Å². The summed E-state index contributed by atoms with van der Waals surface area (Å²) in [6, 6.07) is 0. The first-order valence-corrected chi connectivity index (χ1v) is 8.58. The SMILES string of the molecule is CCCCCCSSCCCCCC=O. The Balaban J connectivity index is 2.83. The second kappa shape index (κ2) is 14.4. The summed E-state index contributed by atoms with van der Waals surface area (Å²) in [4.78, 5) is 10.1. The van der Waals surface area contributed by atoms with Crippen LogP contribution in [0.25, 0.3) is 0 Å². The lowest BCUT2D eigenvalue weighted by Gasteiger charge is -2.00. The maximum absolute atomic E-state index is 10.1. The Kier molecular flexibility index (Phi) is 14.7. The van der Waals surface area contributed by atoms with Gasteiger partial charge >= 0.3 is 0 Å². The fourth-order valence-corrected chi connectivity index (χ4v) is 3.56. The molecule has 0 atom stereocenters. The molecule has 15 heavy (non-hydrogen) atoms. The summed E-state index contributed by atoms with van der Waals surface area (Å²) in [5.41, 5.74) is 0. The quantitative estimate of drug-likeness (QED) is 0.283. The normalized spacial score (nSPS) is 10.5. The van der Waals surface area contributed by atoms with Gasteiger partial charge in [0.05, 0.1) is 0 Å². The van der Waals surface area contributed by atoms with Crippen molar-refractivity contribution in [2.45, 2.75) is 58.3 Å². The van der Waals surface area contributed by atoms with Gasteiger partial charge in [-0.15, -0.1) is 0 Å². The highest BCUT2D eigenvalue weighted by molar-refractivity contribution is 8.76. The molecule has 3 heteroatoms. The molecule has 0 rings (SSSR count). The summed E-state index contributed by atoms with van der Waals surface area (Å²) in [6.45, 7) is 2.25. The predicted molar refractivity (Wildman–Crippen MR) is 73.6 cm³/mol. The van der Waals surface area contributed by atoms with Crippen LogP contribution < -0.4 is 0 Å². The summed E-state index contributed by atoms with van der Waals surface area (Å²) in [7, 11) is 4.01. The molecule has 0 saturated heterocycles. The van der Waals surface area contributed by atoms with Crippen molar-refractivity contribution in [2.24, 2.45) is 0 Å². The monoisotopic (exact) mass is 248 g/mol. The van der Waals surface area contributed by atoms with Crippen LogP contribution in [-0.4, -0.2) is 17.8 Å². The van der Waals surface area contributed by atoms with E-state index < -0.39 is 0 Å². The van der Waals surface area contributed by atoms with Gasteiger partial charge < -0.3 is 4.79 Å². The van der Waals surface area contributed by atoms with E-state index in [0.717, 1.165) is 19.1 Å². The molecular formula is C12H24OS2. The highest BCUT2D eigenvalue weighted by Gasteiger charge is 1.92. The molecule has 0 aliphatic carbocycles. The van der Waals surface area contributed by atoms with E-state index in [1.165, 1.54) is 50.0 Å². The number of carbonyl (C=O) groups is 1. The van der Waals surface area contributed by atoms with E-state index in [4.69, 9.17) is 0 Å². The van der Waals surface area contributed by atoms with Crippen molar-refractivity contribution in [2.75, 3.05) is 11.5 Å². The van der Waals surface area contributed by atoms with Crippen LogP contribution in [0.15, 0.2) is 0 Å². The molecule has 0 unspecified atom stereocenters. The molecule has 0 aromatic carbocycles. The number of unbranched alkanes of at least 4 members (excludes halogenated alkanes) is 6. The van der Waals surface area contributed by atoms with E-state index >= 15 is 0 Å². The standard InChI is InChI=1S/C12H24OS2/c1-2-3-4-8-11-14-15-12-9-6-5-7-10-13/h10H,2-9,11-12H2,1H3. The van der Waals surface area contributed by atoms with Gasteiger partial charge in [-0.25, -0.2) is 0 Å². The molecule has 0 bridgehead atoms. The van der Waals surface area contributed by atoms with Crippen molar-refractivity contribution >= 4 is 27.9 Å². The van der Waals surface area contributed by atoms with Crippen LogP contribution in [-0.2, 0) is 4.79 Å². The maximum Gasteiger partial charge on any atom is 0.119 e. The number of carbonyl (C=O) groups excluding carboxylic acids is 1. The second-order valence-corrected chi connectivity index (χ2v) is 6.42. The van der Waals surface area contributed by atoms with Gasteiger partial charge in [0.15, 0.2) is 0 Å². The number of hydrogen-bond acceptors (Lipinski definition) is 3. The zero-order chi connectivity index (χ0) is 11.2. The molecule has 0 N–H and O–H groups in total. The summed E-state index contributed by atoms with van der Waals surface area (Å²) in [6.07, 6.45) is 10.8. The van der Waals surface area contributed by atoms with Gasteiger partial charge in [0.2, 0.25) is 0 Å². The fourth-order valence-electron chi connectivity index (χ4n) is 1.27. The molecule has 0 fully saturated rings. The van der Waals surface area contributed by atoms with Gasteiger partial charge in [0, 0.05) is 17.9 Å². The van der Waals surface area contributed by atoms with Crippen LogP contribution in [0, 0.1) is 0 Å². The summed E-state index contributed by atoms with van der Waals surface area (Å²) >= 11 is 0. The van der Waals surface area contributed by atoms with E-state index in [0.29, 0.717) is 0 Å². The Morgan fingerprint density at radius 3 is 2.00 bits per heavy atom. The Morgan fingerprint density at radius 1 is 0.867 bits per heavy atom. The van der Waals surface area contributed by atoms with Crippen LogP contribution in [0.2, 0.25) is 0 Å². The molecule has 0 saturated carbocycles. The minimum atomic E-state index is 0.745. The third-order valence-electron chi connectivity index (χ3n) is 2.21. The zero-order valence-electron chi connectivity index (χ0n) is 9.87. The highest BCUT2D eigenvalue weighted by atomic mass is 33.1. The van der Waals surface area contributed by atoms with E-state index in [2.05, 4.69) is 6.92 Å². The van der Waals surface area contributed by atoms with Gasteiger partial charge in [-0.3, -0.25) is 0 Å². The van der Waals surface area contributed by atoms with Crippen molar-refractivity contribution in [3.8, 4) is 0 Å². The van der Waals surface area contributed by atoms with E-state index in [9.17, 15) is 4.79 Å². The first-order valence-electron chi connectivity index (χ1n) is 6.10. The third-order valence-corrected chi connectivity index (χ3v) is 4.79. The molecule has 0 aromatic heterocycles. The smallest absolute Gasteiger partial charge is 0.119 e. The largest absolute Gasteiger partial charge is 0.303 e. The van der Waals surface area contributed by atoms with Gasteiger partial charge in [0.25, 0.3) is 0 Å². The number of aldehydes is 1. The van der Waals surface area contributed by atoms with Gasteiger partial charge in [-0.1, -0.05) is 54.2 Å². The van der Waals surface area contributed by atoms with Gasteiger partial charge in [-0.2, -0.15) is 0 Å². The highest BCUT2D eigenvalue weighted by Crippen LogP contribution is 2.24. The van der Waals surface area contributed by atoms with Crippen molar-refractivity contribution in [1.29, 1.82) is 0 Å². The lowest BCUT2D eigenvalue weighted by Crippen LogP contribution is -1.82. The maximum atomic E-state index is 10.1. The Labute approximate surface area is 103 Å². The van der Waals surface area contributed by atoms with Crippen LogP contribution in [0.3, 0.4) is 0 Å². The zero-order valence-corrected chi connectivity index (χ0v) is 11.5. The molecular weight excluding hydrogens is 224 g/mol. The third kappa shape index (κ3) is 14.4. The van der Waals surface area contributed by atoms with Crippen LogP contribution in [0.5, 0.6) is 0 Å². The summed E-state index contributed by atoms with van der Waals surface area (Å²) in [5, 5.41) is 0. The minimum absolute atomic E-state index is 0.745. The van der Waals surface area contributed by atoms with Crippen molar-refractivity contribution < 1.29 is 4.79 Å². The molecule has 0 radical (unpaired) electrons.